The zero-order valence-corrected chi connectivity index (χ0v) is 19.2. The van der Waals surface area contributed by atoms with Gasteiger partial charge < -0.3 is 25.0 Å². The fraction of sp³-hybridized carbons (Fsp3) is 0.545. The molecule has 30 heavy (non-hydrogen) atoms. The predicted octanol–water partition coefficient (Wildman–Crippen LogP) is 3.62. The molecule has 164 valence electrons. The molecule has 0 aliphatic carbocycles. The number of hydrogen-bond acceptors (Lipinski definition) is 6. The molecule has 2 heterocycles. The van der Waals surface area contributed by atoms with Crippen LogP contribution in [-0.4, -0.2) is 51.3 Å². The highest BCUT2D eigenvalue weighted by Crippen LogP contribution is 2.29. The third kappa shape index (κ3) is 5.78. The van der Waals surface area contributed by atoms with Crippen molar-refractivity contribution in [2.75, 3.05) is 45.3 Å². The highest BCUT2D eigenvalue weighted by Gasteiger charge is 2.16. The number of nitrogens with zero attached hydrogens (tertiary/aromatic N) is 3. The number of guanidine groups is 1. The van der Waals surface area contributed by atoms with Crippen LogP contribution in [0.4, 0.5) is 5.13 Å². The summed E-state index contributed by atoms with van der Waals surface area (Å²) in [4.78, 5) is 11.9. The second-order valence-electron chi connectivity index (χ2n) is 7.30. The Bertz CT molecular complexity index is 833. The Hall–Kier alpha value is -2.48. The van der Waals surface area contributed by atoms with Crippen molar-refractivity contribution in [2.45, 2.75) is 39.2 Å². The van der Waals surface area contributed by atoms with Gasteiger partial charge in [0.1, 0.15) is 11.5 Å². The van der Waals surface area contributed by atoms with E-state index < -0.39 is 0 Å². The summed E-state index contributed by atoms with van der Waals surface area (Å²) in [5.74, 6) is 2.41. The molecular formula is C22H33N5O2S. The number of anilines is 1. The first-order chi connectivity index (χ1) is 14.6. The normalized spacial score (nSPS) is 15.2. The Morgan fingerprint density at radius 1 is 1.27 bits per heavy atom. The highest BCUT2D eigenvalue weighted by molar-refractivity contribution is 7.13. The van der Waals surface area contributed by atoms with E-state index in [2.05, 4.69) is 34.8 Å². The summed E-state index contributed by atoms with van der Waals surface area (Å²) >= 11 is 1.74. The topological polar surface area (TPSA) is 71.0 Å². The van der Waals surface area contributed by atoms with Crippen molar-refractivity contribution in [3.8, 4) is 11.5 Å². The lowest BCUT2D eigenvalue weighted by Crippen LogP contribution is -2.39. The Kier molecular flexibility index (Phi) is 8.19. The molecule has 1 unspecified atom stereocenters. The molecule has 1 aliphatic heterocycles. The smallest absolute Gasteiger partial charge is 0.191 e. The maximum atomic E-state index is 5.52. The molecule has 0 saturated carbocycles. The SMILES string of the molecule is CCNC(=NCCc1csc(N2CCCC2)n1)NC(C)c1cc(OC)ccc1OC. The van der Waals surface area contributed by atoms with Gasteiger partial charge in [0.2, 0.25) is 0 Å². The molecule has 1 aromatic heterocycles. The van der Waals surface area contributed by atoms with Crippen LogP contribution in [0.2, 0.25) is 0 Å². The van der Waals surface area contributed by atoms with Crippen molar-refractivity contribution < 1.29 is 9.47 Å². The molecule has 2 N–H and O–H groups in total. The molecule has 0 radical (unpaired) electrons. The molecule has 3 rings (SSSR count). The fourth-order valence-electron chi connectivity index (χ4n) is 3.53. The van der Waals surface area contributed by atoms with Gasteiger partial charge in [-0.05, 0) is 44.9 Å². The molecule has 0 amide bonds. The number of hydrogen-bond donors (Lipinski definition) is 2. The number of rotatable bonds is 9. The van der Waals surface area contributed by atoms with Gasteiger partial charge in [-0.15, -0.1) is 11.3 Å². The summed E-state index contributed by atoms with van der Waals surface area (Å²) < 4.78 is 10.9. The number of aliphatic imine (C=N–C) groups is 1. The lowest BCUT2D eigenvalue weighted by atomic mass is 10.1. The zero-order valence-electron chi connectivity index (χ0n) is 18.4. The van der Waals surface area contributed by atoms with E-state index in [1.165, 1.54) is 12.8 Å². The summed E-state index contributed by atoms with van der Waals surface area (Å²) in [6, 6.07) is 5.83. The number of aromatic nitrogens is 1. The van der Waals surface area contributed by atoms with Gasteiger partial charge in [0.15, 0.2) is 11.1 Å². The maximum absolute atomic E-state index is 5.52. The minimum Gasteiger partial charge on any atom is -0.497 e. The van der Waals surface area contributed by atoms with E-state index in [-0.39, 0.29) is 6.04 Å². The molecule has 1 atom stereocenters. The van der Waals surface area contributed by atoms with Gasteiger partial charge in [0, 0.05) is 43.5 Å². The molecule has 2 aromatic rings. The molecular weight excluding hydrogens is 398 g/mol. The van der Waals surface area contributed by atoms with Gasteiger partial charge in [-0.1, -0.05) is 0 Å². The quantitative estimate of drug-likeness (QED) is 0.467. The van der Waals surface area contributed by atoms with Crippen molar-refractivity contribution in [3.63, 3.8) is 0 Å². The first-order valence-corrected chi connectivity index (χ1v) is 11.5. The Morgan fingerprint density at radius 3 is 2.77 bits per heavy atom. The molecule has 0 bridgehead atoms. The summed E-state index contributed by atoms with van der Waals surface area (Å²) in [6.45, 7) is 7.89. The number of benzene rings is 1. The van der Waals surface area contributed by atoms with Crippen molar-refractivity contribution in [1.82, 2.24) is 15.6 Å². The van der Waals surface area contributed by atoms with Crippen LogP contribution < -0.4 is 25.0 Å². The van der Waals surface area contributed by atoms with Crippen molar-refractivity contribution >= 4 is 22.4 Å². The minimum atomic E-state index is 0.00823. The summed E-state index contributed by atoms with van der Waals surface area (Å²) in [5, 5.41) is 10.1. The van der Waals surface area contributed by atoms with Crippen LogP contribution in [0.3, 0.4) is 0 Å². The van der Waals surface area contributed by atoms with Crippen LogP contribution in [0, 0.1) is 0 Å². The maximum Gasteiger partial charge on any atom is 0.191 e. The highest BCUT2D eigenvalue weighted by atomic mass is 32.1. The van der Waals surface area contributed by atoms with E-state index >= 15 is 0 Å². The van der Waals surface area contributed by atoms with Gasteiger partial charge in [-0.2, -0.15) is 0 Å². The van der Waals surface area contributed by atoms with E-state index in [4.69, 9.17) is 19.5 Å². The van der Waals surface area contributed by atoms with Gasteiger partial charge in [-0.3, -0.25) is 4.99 Å². The molecule has 1 saturated heterocycles. The van der Waals surface area contributed by atoms with Gasteiger partial charge in [0.25, 0.3) is 0 Å². The van der Waals surface area contributed by atoms with Crippen LogP contribution in [0.1, 0.15) is 44.0 Å². The van der Waals surface area contributed by atoms with Gasteiger partial charge in [0.05, 0.1) is 26.0 Å². The fourth-order valence-corrected chi connectivity index (χ4v) is 4.44. The van der Waals surface area contributed by atoms with Crippen LogP contribution in [-0.2, 0) is 6.42 Å². The van der Waals surface area contributed by atoms with E-state index in [9.17, 15) is 0 Å². The Labute approximate surface area is 183 Å². The first kappa shape index (κ1) is 22.2. The average Bonchev–Trinajstić information content (AvgIpc) is 3.45. The third-order valence-electron chi connectivity index (χ3n) is 5.15. The van der Waals surface area contributed by atoms with E-state index in [1.54, 1.807) is 25.6 Å². The van der Waals surface area contributed by atoms with Crippen molar-refractivity contribution in [3.05, 3.63) is 34.8 Å². The van der Waals surface area contributed by atoms with Crippen LogP contribution in [0.15, 0.2) is 28.6 Å². The Morgan fingerprint density at radius 2 is 2.07 bits per heavy atom. The first-order valence-electron chi connectivity index (χ1n) is 10.6. The second-order valence-corrected chi connectivity index (χ2v) is 8.14. The van der Waals surface area contributed by atoms with Crippen molar-refractivity contribution in [1.29, 1.82) is 0 Å². The molecule has 8 heteroatoms. The van der Waals surface area contributed by atoms with Crippen LogP contribution in [0.5, 0.6) is 11.5 Å². The minimum absolute atomic E-state index is 0.00823. The second kappa shape index (κ2) is 11.1. The van der Waals surface area contributed by atoms with Crippen LogP contribution in [0.25, 0.3) is 0 Å². The number of thiazole rings is 1. The molecule has 7 nitrogen and oxygen atoms in total. The van der Waals surface area contributed by atoms with Crippen molar-refractivity contribution in [2.24, 2.45) is 4.99 Å². The molecule has 1 aromatic carbocycles. The number of nitrogens with one attached hydrogen (secondary N) is 2. The standard InChI is InChI=1S/C22H33N5O2S/c1-5-23-21(25-16(2)19-14-18(28-3)8-9-20(19)29-4)24-11-10-17-15-30-22(26-17)27-12-6-7-13-27/h8-9,14-16H,5-7,10-13H2,1-4H3,(H2,23,24,25). The van der Waals surface area contributed by atoms with Gasteiger partial charge >= 0.3 is 0 Å². The molecule has 1 fully saturated rings. The third-order valence-corrected chi connectivity index (χ3v) is 6.11. The average molecular weight is 432 g/mol. The summed E-state index contributed by atoms with van der Waals surface area (Å²) in [7, 11) is 3.35. The molecule has 0 spiro atoms. The van der Waals surface area contributed by atoms with Gasteiger partial charge in [-0.25, -0.2) is 4.98 Å². The largest absolute Gasteiger partial charge is 0.497 e. The predicted molar refractivity (Wildman–Crippen MR) is 124 cm³/mol. The zero-order chi connectivity index (χ0) is 21.3. The summed E-state index contributed by atoms with van der Waals surface area (Å²) in [6.07, 6.45) is 3.37. The molecule has 1 aliphatic rings. The monoisotopic (exact) mass is 431 g/mol. The van der Waals surface area contributed by atoms with E-state index in [0.717, 1.165) is 59.9 Å². The number of methoxy groups -OCH3 is 2. The summed E-state index contributed by atoms with van der Waals surface area (Å²) in [5.41, 5.74) is 2.14. The van der Waals surface area contributed by atoms with E-state index in [0.29, 0.717) is 6.54 Å². The van der Waals surface area contributed by atoms with E-state index in [1.807, 2.05) is 18.2 Å². The number of ether oxygens (including phenoxy) is 2. The van der Waals surface area contributed by atoms with Crippen LogP contribution >= 0.6 is 11.3 Å². The lowest BCUT2D eigenvalue weighted by molar-refractivity contribution is 0.394. The lowest BCUT2D eigenvalue weighted by Gasteiger charge is -2.20. The Balaban J connectivity index is 1.61.